The lowest BCUT2D eigenvalue weighted by Gasteiger charge is -2.37. The summed E-state index contributed by atoms with van der Waals surface area (Å²) in [6, 6.07) is 0. The number of hydrogen-bond acceptors (Lipinski definition) is 7. The van der Waals surface area contributed by atoms with E-state index in [1.54, 1.807) is 42.7 Å². The van der Waals surface area contributed by atoms with Gasteiger partial charge in [-0.3, -0.25) is 0 Å². The Morgan fingerprint density at radius 1 is 0.519 bits per heavy atom. The fourth-order valence-electron chi connectivity index (χ4n) is 2.53. The number of hydrogen-bond donors (Lipinski definition) is 0. The molecule has 0 unspecified atom stereocenters. The first-order chi connectivity index (χ1) is 12.3. The third kappa shape index (κ3) is 7.11. The van der Waals surface area contributed by atoms with Gasteiger partial charge >= 0.3 is 17.6 Å². The van der Waals surface area contributed by atoms with Gasteiger partial charge in [-0.15, -0.1) is 0 Å². The minimum atomic E-state index is -2.81. The van der Waals surface area contributed by atoms with Gasteiger partial charge in [-0.25, -0.2) is 0 Å². The fraction of sp³-hybridized carbons (Fsp3) is 0.750. The van der Waals surface area contributed by atoms with E-state index in [4.69, 9.17) is 30.7 Å². The maximum atomic E-state index is 6.76. The highest BCUT2D eigenvalue weighted by Crippen LogP contribution is 2.28. The Labute approximate surface area is 169 Å². The lowest BCUT2D eigenvalue weighted by Crippen LogP contribution is -2.50. The summed E-state index contributed by atoms with van der Waals surface area (Å²) in [7, 11) is -0.382. The predicted molar refractivity (Wildman–Crippen MR) is 117 cm³/mol. The highest BCUT2D eigenvalue weighted by molar-refractivity contribution is 6.92. The van der Waals surface area contributed by atoms with Crippen LogP contribution < -0.4 is 0 Å². The molecule has 0 atom stereocenters. The van der Waals surface area contributed by atoms with Crippen LogP contribution in [0.1, 0.15) is 13.8 Å². The van der Waals surface area contributed by atoms with Crippen LogP contribution in [-0.2, 0) is 30.7 Å². The summed E-state index contributed by atoms with van der Waals surface area (Å²) in [5.74, 6) is 0. The quantitative estimate of drug-likeness (QED) is 0.419. The second-order valence-corrected chi connectivity index (χ2v) is 21.1. The highest BCUT2D eigenvalue weighted by Gasteiger charge is 2.43. The van der Waals surface area contributed by atoms with Crippen LogP contribution in [0, 0.1) is 0 Å². The van der Waals surface area contributed by atoms with E-state index in [0.717, 1.165) is 10.4 Å². The first-order valence-electron chi connectivity index (χ1n) is 8.74. The summed E-state index contributed by atoms with van der Waals surface area (Å²) in [5.41, 5.74) is 3.97. The van der Waals surface area contributed by atoms with Gasteiger partial charge in [-0.1, -0.05) is 10.4 Å². The van der Waals surface area contributed by atoms with Crippen LogP contribution in [0.5, 0.6) is 0 Å². The lowest BCUT2D eigenvalue weighted by atomic mass is 10.7. The van der Waals surface area contributed by atoms with Crippen LogP contribution in [0.25, 0.3) is 0 Å². The third-order valence-corrected chi connectivity index (χ3v) is 18.6. The zero-order chi connectivity index (χ0) is 21.5. The minimum Gasteiger partial charge on any atom is -0.449 e. The van der Waals surface area contributed by atoms with Gasteiger partial charge in [0.1, 0.15) is 0 Å². The van der Waals surface area contributed by atoms with Crippen LogP contribution in [0.4, 0.5) is 0 Å². The molecule has 7 nitrogen and oxygen atoms in total. The highest BCUT2D eigenvalue weighted by atomic mass is 28.4. The van der Waals surface area contributed by atoms with Crippen LogP contribution in [0.3, 0.4) is 0 Å². The monoisotopic (exact) mass is 454 g/mol. The Kier molecular flexibility index (Phi) is 10.8. The largest absolute Gasteiger partial charge is 0.528 e. The van der Waals surface area contributed by atoms with Crippen molar-refractivity contribution in [2.75, 3.05) is 42.7 Å². The molecule has 0 N–H and O–H groups in total. The molecule has 0 aliphatic carbocycles. The maximum Gasteiger partial charge on any atom is 0.528 e. The minimum absolute atomic E-state index is 1.13. The molecule has 0 rings (SSSR count). The van der Waals surface area contributed by atoms with E-state index in [2.05, 4.69) is 40.0 Å². The molecule has 0 saturated carbocycles. The van der Waals surface area contributed by atoms with E-state index in [0.29, 0.717) is 0 Å². The summed E-state index contributed by atoms with van der Waals surface area (Å²) in [6.45, 7) is 12.8. The van der Waals surface area contributed by atoms with E-state index in [9.17, 15) is 0 Å². The SMILES string of the molecule is CO[Si](/C=C(\C)[Si](C)(C)O[Si](C)(C)/C(C)=C/[Si](OC)(OC)OC)(OC)OC. The Hall–Kier alpha value is 0.0675. The van der Waals surface area contributed by atoms with Crippen molar-refractivity contribution in [2.24, 2.45) is 0 Å². The molecular formula is C16H38O7Si4. The molecule has 0 aromatic heterocycles. The van der Waals surface area contributed by atoms with Crippen molar-refractivity contribution in [1.29, 1.82) is 0 Å². The van der Waals surface area contributed by atoms with Crippen molar-refractivity contribution in [3.63, 3.8) is 0 Å². The van der Waals surface area contributed by atoms with Gasteiger partial charge in [-0.2, -0.15) is 0 Å². The average Bonchev–Trinajstić information content (AvgIpc) is 2.63. The van der Waals surface area contributed by atoms with Crippen molar-refractivity contribution in [3.05, 3.63) is 21.8 Å². The molecule has 11 heteroatoms. The Bertz CT molecular complexity index is 464. The summed E-state index contributed by atoms with van der Waals surface area (Å²) < 4.78 is 39.9. The fourth-order valence-corrected chi connectivity index (χ4v) is 15.5. The molecule has 0 amide bonds. The maximum absolute atomic E-state index is 6.76. The summed E-state index contributed by atoms with van der Waals surface area (Å²) in [6.07, 6.45) is 0. The smallest absolute Gasteiger partial charge is 0.449 e. The van der Waals surface area contributed by atoms with Crippen molar-refractivity contribution in [3.8, 4) is 0 Å². The molecule has 0 aliphatic heterocycles. The zero-order valence-corrected chi connectivity index (χ0v) is 23.0. The molecule has 0 spiro atoms. The van der Waals surface area contributed by atoms with Crippen LogP contribution >= 0.6 is 0 Å². The Balaban J connectivity index is 5.75. The first kappa shape index (κ1) is 27.1. The van der Waals surface area contributed by atoms with E-state index in [1.807, 2.05) is 11.4 Å². The Morgan fingerprint density at radius 2 is 0.741 bits per heavy atom. The summed E-state index contributed by atoms with van der Waals surface area (Å²) >= 11 is 0. The lowest BCUT2D eigenvalue weighted by molar-refractivity contribution is 0.138. The molecule has 0 aromatic rings. The molecule has 0 saturated heterocycles. The molecule has 27 heavy (non-hydrogen) atoms. The van der Waals surface area contributed by atoms with E-state index in [1.165, 1.54) is 0 Å². The Morgan fingerprint density at radius 3 is 0.926 bits per heavy atom. The predicted octanol–water partition coefficient (Wildman–Crippen LogP) is 3.22. The van der Waals surface area contributed by atoms with Gasteiger partial charge in [0.05, 0.1) is 0 Å². The molecule has 0 heterocycles. The van der Waals surface area contributed by atoms with Gasteiger partial charge in [0.2, 0.25) is 16.6 Å². The number of allylic oxidation sites excluding steroid dienone is 2. The van der Waals surface area contributed by atoms with Gasteiger partial charge in [-0.05, 0) is 51.4 Å². The average molecular weight is 455 g/mol. The van der Waals surface area contributed by atoms with Gasteiger partial charge in [0, 0.05) is 42.7 Å². The molecule has 0 radical (unpaired) electrons. The van der Waals surface area contributed by atoms with Gasteiger partial charge in [0.15, 0.2) is 0 Å². The van der Waals surface area contributed by atoms with Crippen LogP contribution in [0.15, 0.2) is 21.8 Å². The molecule has 0 aliphatic rings. The second kappa shape index (κ2) is 10.7. The van der Waals surface area contributed by atoms with Crippen molar-refractivity contribution in [1.82, 2.24) is 0 Å². The van der Waals surface area contributed by atoms with Crippen LogP contribution in [0.2, 0.25) is 26.2 Å². The second-order valence-electron chi connectivity index (χ2n) is 7.21. The van der Waals surface area contributed by atoms with E-state index < -0.39 is 34.2 Å². The van der Waals surface area contributed by atoms with Crippen molar-refractivity contribution in [2.45, 2.75) is 40.0 Å². The molecule has 0 aromatic carbocycles. The number of rotatable bonds is 12. The molecular weight excluding hydrogens is 417 g/mol. The first-order valence-corrected chi connectivity index (χ1v) is 18.2. The standard InChI is InChI=1S/C16H38O7Si4/c1-15(13-26(17-3,18-4)19-5)24(9,10)23-25(11,12)16(2)14-27(20-6,21-7)22-8/h13-14H,1-12H3/b15-13+,16-14+. The summed E-state index contributed by atoms with van der Waals surface area (Å²) in [4.78, 5) is 0. The van der Waals surface area contributed by atoms with Crippen LogP contribution in [-0.4, -0.2) is 76.9 Å². The molecule has 0 fully saturated rings. The van der Waals surface area contributed by atoms with Gasteiger partial charge in [0.25, 0.3) is 0 Å². The third-order valence-electron chi connectivity index (χ3n) is 4.90. The van der Waals surface area contributed by atoms with Gasteiger partial charge < -0.3 is 30.7 Å². The molecule has 0 bridgehead atoms. The van der Waals surface area contributed by atoms with Crippen molar-refractivity contribution >= 4 is 34.2 Å². The normalized spacial score (nSPS) is 15.4. The molecule has 160 valence electrons. The van der Waals surface area contributed by atoms with E-state index in [-0.39, 0.29) is 0 Å². The van der Waals surface area contributed by atoms with Crippen molar-refractivity contribution < 1.29 is 30.7 Å². The van der Waals surface area contributed by atoms with E-state index >= 15 is 0 Å². The summed E-state index contributed by atoms with van der Waals surface area (Å²) in [5, 5.41) is 2.25. The topological polar surface area (TPSA) is 64.6 Å². The zero-order valence-electron chi connectivity index (χ0n) is 19.0.